The summed E-state index contributed by atoms with van der Waals surface area (Å²) < 4.78 is 40.8. The van der Waals surface area contributed by atoms with Crippen molar-refractivity contribution >= 4 is 0 Å². The van der Waals surface area contributed by atoms with Crippen LogP contribution >= 0.6 is 0 Å². The summed E-state index contributed by atoms with van der Waals surface area (Å²) in [6.07, 6.45) is -4.04. The molecule has 1 rings (SSSR count). The highest BCUT2D eigenvalue weighted by atomic mass is 19.4. The maximum Gasteiger partial charge on any atom is 0.390 e. The van der Waals surface area contributed by atoms with Gasteiger partial charge >= 0.3 is 6.18 Å². The van der Waals surface area contributed by atoms with Crippen molar-refractivity contribution in [3.63, 3.8) is 0 Å². The Hall–Kier alpha value is -0.290. The largest absolute Gasteiger partial charge is 0.390 e. The molecule has 0 aromatic carbocycles. The van der Waals surface area contributed by atoms with Gasteiger partial charge in [0.1, 0.15) is 0 Å². The number of hydrogen-bond donors (Lipinski definition) is 1. The average Bonchev–Trinajstić information content (AvgIpc) is 2.34. The average molecular weight is 197 g/mol. The molecule has 1 aliphatic heterocycles. The molecule has 1 saturated heterocycles. The predicted molar refractivity (Wildman–Crippen MR) is 42.5 cm³/mol. The zero-order chi connectivity index (χ0) is 9.90. The van der Waals surface area contributed by atoms with Crippen LogP contribution in [0, 0.1) is 0 Å². The molecule has 78 valence electrons. The minimum Gasteiger partial charge on any atom is -0.380 e. The quantitative estimate of drug-likeness (QED) is 0.743. The lowest BCUT2D eigenvalue weighted by atomic mass is 10.2. The number of nitrogens with one attached hydrogen (secondary N) is 1. The van der Waals surface area contributed by atoms with Gasteiger partial charge in [0.15, 0.2) is 0 Å². The van der Waals surface area contributed by atoms with Gasteiger partial charge in [-0.3, -0.25) is 0 Å². The van der Waals surface area contributed by atoms with Crippen LogP contribution < -0.4 is 5.32 Å². The molecule has 0 spiro atoms. The minimum atomic E-state index is -4.08. The van der Waals surface area contributed by atoms with Crippen LogP contribution in [0.2, 0.25) is 0 Å². The first kappa shape index (κ1) is 10.8. The molecule has 2 nitrogen and oxygen atoms in total. The van der Waals surface area contributed by atoms with Gasteiger partial charge in [-0.1, -0.05) is 0 Å². The Labute approximate surface area is 75.4 Å². The maximum absolute atomic E-state index is 11.9. The molecule has 1 aliphatic rings. The molecule has 5 heteroatoms. The fraction of sp³-hybridized carbons (Fsp3) is 1.00. The predicted octanol–water partition coefficient (Wildman–Crippen LogP) is 1.71. The van der Waals surface area contributed by atoms with Crippen molar-refractivity contribution in [3.8, 4) is 0 Å². The third-order valence-corrected chi connectivity index (χ3v) is 1.99. The van der Waals surface area contributed by atoms with Crippen molar-refractivity contribution in [3.05, 3.63) is 0 Å². The smallest absolute Gasteiger partial charge is 0.380 e. The molecule has 0 bridgehead atoms. The van der Waals surface area contributed by atoms with E-state index in [-0.39, 0.29) is 6.04 Å². The van der Waals surface area contributed by atoms with Crippen LogP contribution in [0.4, 0.5) is 13.2 Å². The minimum absolute atomic E-state index is 0.0948. The molecular weight excluding hydrogens is 183 g/mol. The van der Waals surface area contributed by atoms with Crippen LogP contribution in [0.1, 0.15) is 19.8 Å². The van der Waals surface area contributed by atoms with E-state index in [1.165, 1.54) is 0 Å². The van der Waals surface area contributed by atoms with Gasteiger partial charge in [-0.25, -0.2) is 0 Å². The lowest BCUT2D eigenvalue weighted by Gasteiger charge is -2.19. The summed E-state index contributed by atoms with van der Waals surface area (Å²) in [7, 11) is 0. The van der Waals surface area contributed by atoms with Crippen LogP contribution in [-0.2, 0) is 4.74 Å². The summed E-state index contributed by atoms with van der Waals surface area (Å²) >= 11 is 0. The van der Waals surface area contributed by atoms with E-state index in [2.05, 4.69) is 5.32 Å². The second-order valence-corrected chi connectivity index (χ2v) is 3.45. The Balaban J connectivity index is 2.20. The lowest BCUT2D eigenvalue weighted by molar-refractivity contribution is -0.139. The van der Waals surface area contributed by atoms with E-state index in [0.717, 1.165) is 6.42 Å². The number of alkyl halides is 3. The van der Waals surface area contributed by atoms with Gasteiger partial charge in [0.25, 0.3) is 0 Å². The Bertz CT molecular complexity index is 154. The van der Waals surface area contributed by atoms with Crippen molar-refractivity contribution in [1.82, 2.24) is 5.32 Å². The van der Waals surface area contributed by atoms with E-state index in [1.807, 2.05) is 0 Å². The van der Waals surface area contributed by atoms with Crippen molar-refractivity contribution in [2.75, 3.05) is 13.2 Å². The summed E-state index contributed by atoms with van der Waals surface area (Å²) in [5.74, 6) is 0. The number of ether oxygens (including phenoxy) is 1. The van der Waals surface area contributed by atoms with Crippen molar-refractivity contribution in [1.29, 1.82) is 0 Å². The first-order valence-electron chi connectivity index (χ1n) is 4.38. The van der Waals surface area contributed by atoms with Gasteiger partial charge in [0, 0.05) is 18.7 Å². The summed E-state index contributed by atoms with van der Waals surface area (Å²) in [5, 5.41) is 2.89. The van der Waals surface area contributed by atoms with Crippen LogP contribution in [0.5, 0.6) is 0 Å². The van der Waals surface area contributed by atoms with Crippen LogP contribution in [-0.4, -0.2) is 31.5 Å². The highest BCUT2D eigenvalue weighted by Crippen LogP contribution is 2.21. The summed E-state index contributed by atoms with van der Waals surface area (Å²) in [6, 6.07) is -0.427. The van der Waals surface area contributed by atoms with Gasteiger partial charge < -0.3 is 10.1 Å². The van der Waals surface area contributed by atoms with Crippen molar-refractivity contribution < 1.29 is 17.9 Å². The van der Waals surface area contributed by atoms with E-state index in [0.29, 0.717) is 13.2 Å². The van der Waals surface area contributed by atoms with E-state index in [9.17, 15) is 13.2 Å². The van der Waals surface area contributed by atoms with E-state index in [1.54, 1.807) is 6.92 Å². The second kappa shape index (κ2) is 4.28. The van der Waals surface area contributed by atoms with Crippen LogP contribution in [0.15, 0.2) is 0 Å². The fourth-order valence-corrected chi connectivity index (χ4v) is 1.47. The Morgan fingerprint density at radius 3 is 2.69 bits per heavy atom. The molecule has 0 aliphatic carbocycles. The molecule has 0 aromatic rings. The molecule has 2 atom stereocenters. The third kappa shape index (κ3) is 4.47. The van der Waals surface area contributed by atoms with E-state index < -0.39 is 18.6 Å². The third-order valence-electron chi connectivity index (χ3n) is 1.99. The number of rotatable bonds is 3. The SMILES string of the molecule is CC(CC(F)(F)F)NC1CCOC1. The topological polar surface area (TPSA) is 21.3 Å². The number of hydrogen-bond acceptors (Lipinski definition) is 2. The van der Waals surface area contributed by atoms with Gasteiger partial charge in [0.2, 0.25) is 0 Å². The van der Waals surface area contributed by atoms with Crippen LogP contribution in [0.3, 0.4) is 0 Å². The molecule has 0 aromatic heterocycles. The molecule has 0 radical (unpaired) electrons. The summed E-state index contributed by atoms with van der Waals surface area (Å²) in [5.41, 5.74) is 0. The second-order valence-electron chi connectivity index (χ2n) is 3.45. The van der Waals surface area contributed by atoms with Gasteiger partial charge in [0.05, 0.1) is 13.0 Å². The highest BCUT2D eigenvalue weighted by Gasteiger charge is 2.31. The normalized spacial score (nSPS) is 26.3. The zero-order valence-electron chi connectivity index (χ0n) is 7.53. The summed E-state index contributed by atoms with van der Waals surface area (Å²) in [6.45, 7) is 2.73. The van der Waals surface area contributed by atoms with Gasteiger partial charge in [-0.05, 0) is 13.3 Å². The van der Waals surface area contributed by atoms with Crippen molar-refractivity contribution in [2.45, 2.75) is 38.0 Å². The molecule has 2 unspecified atom stereocenters. The van der Waals surface area contributed by atoms with Crippen molar-refractivity contribution in [2.24, 2.45) is 0 Å². The molecule has 1 fully saturated rings. The summed E-state index contributed by atoms with van der Waals surface area (Å²) in [4.78, 5) is 0. The molecule has 13 heavy (non-hydrogen) atoms. The molecule has 1 heterocycles. The highest BCUT2D eigenvalue weighted by molar-refractivity contribution is 4.76. The monoisotopic (exact) mass is 197 g/mol. The first-order valence-corrected chi connectivity index (χ1v) is 4.38. The first-order chi connectivity index (χ1) is 5.97. The molecular formula is C8H14F3NO. The van der Waals surface area contributed by atoms with Gasteiger partial charge in [-0.2, -0.15) is 13.2 Å². The Morgan fingerprint density at radius 1 is 1.54 bits per heavy atom. The standard InChI is InChI=1S/C8H14F3NO/c1-6(4-8(9,10)11)12-7-2-3-13-5-7/h6-7,12H,2-5H2,1H3. The Morgan fingerprint density at radius 2 is 2.23 bits per heavy atom. The van der Waals surface area contributed by atoms with Crippen LogP contribution in [0.25, 0.3) is 0 Å². The zero-order valence-corrected chi connectivity index (χ0v) is 7.53. The molecule has 1 N–H and O–H groups in total. The van der Waals surface area contributed by atoms with Gasteiger partial charge in [-0.15, -0.1) is 0 Å². The Kier molecular flexibility index (Phi) is 3.55. The molecule has 0 saturated carbocycles. The maximum atomic E-state index is 11.9. The lowest BCUT2D eigenvalue weighted by Crippen LogP contribution is -2.39. The van der Waals surface area contributed by atoms with E-state index >= 15 is 0 Å². The fourth-order valence-electron chi connectivity index (χ4n) is 1.47. The molecule has 0 amide bonds. The number of halogens is 3. The van der Waals surface area contributed by atoms with E-state index in [4.69, 9.17) is 4.74 Å².